The van der Waals surface area contributed by atoms with Crippen molar-refractivity contribution < 1.29 is 32.2 Å². The second-order valence-corrected chi connectivity index (χ2v) is 7.07. The number of aryl methyl sites for hydroxylation is 1. The summed E-state index contributed by atoms with van der Waals surface area (Å²) in [6, 6.07) is 7.99. The molecule has 6 nitrogen and oxygen atoms in total. The third-order valence-electron chi connectivity index (χ3n) is 5.18. The monoisotopic (exact) mass is 416 g/mol. The molecule has 30 heavy (non-hydrogen) atoms. The van der Waals surface area contributed by atoms with Gasteiger partial charge in [-0.3, -0.25) is 10.1 Å². The molecule has 1 aliphatic heterocycles. The SMILES string of the molecule is [C-]#[N+]c1ccc(Oc2ccc3c(c2)CCC[C@H]3[C@@H]2OC(=O)NC2=O)c(C(F)(F)F)c1. The van der Waals surface area contributed by atoms with Crippen molar-refractivity contribution >= 4 is 17.7 Å². The lowest BCUT2D eigenvalue weighted by Gasteiger charge is -2.28. The predicted molar refractivity (Wildman–Crippen MR) is 98.3 cm³/mol. The van der Waals surface area contributed by atoms with E-state index in [1.165, 1.54) is 12.1 Å². The Bertz CT molecular complexity index is 1070. The number of alkyl carbamates (subject to hydrolysis) is 1. The van der Waals surface area contributed by atoms with E-state index in [0.29, 0.717) is 12.8 Å². The van der Waals surface area contributed by atoms with E-state index in [-0.39, 0.29) is 17.4 Å². The van der Waals surface area contributed by atoms with Crippen LogP contribution in [0.2, 0.25) is 0 Å². The van der Waals surface area contributed by atoms with Crippen molar-refractivity contribution in [2.45, 2.75) is 37.5 Å². The Balaban J connectivity index is 1.64. The third kappa shape index (κ3) is 3.68. The number of halogens is 3. The first-order valence-corrected chi connectivity index (χ1v) is 9.17. The van der Waals surface area contributed by atoms with Crippen LogP contribution in [0.5, 0.6) is 11.5 Å². The van der Waals surface area contributed by atoms with Crippen LogP contribution >= 0.6 is 0 Å². The van der Waals surface area contributed by atoms with Gasteiger partial charge in [-0.2, -0.15) is 13.2 Å². The molecule has 0 saturated carbocycles. The first-order chi connectivity index (χ1) is 14.3. The summed E-state index contributed by atoms with van der Waals surface area (Å²) in [6.45, 7) is 6.91. The van der Waals surface area contributed by atoms with Crippen molar-refractivity contribution in [1.29, 1.82) is 0 Å². The minimum Gasteiger partial charge on any atom is -0.457 e. The van der Waals surface area contributed by atoms with Gasteiger partial charge in [0.25, 0.3) is 5.91 Å². The van der Waals surface area contributed by atoms with Gasteiger partial charge in [0.1, 0.15) is 11.5 Å². The molecule has 1 aliphatic carbocycles. The lowest BCUT2D eigenvalue weighted by atomic mass is 9.79. The van der Waals surface area contributed by atoms with E-state index in [9.17, 15) is 22.8 Å². The number of cyclic esters (lactones) is 1. The third-order valence-corrected chi connectivity index (χ3v) is 5.18. The summed E-state index contributed by atoms with van der Waals surface area (Å²) >= 11 is 0. The van der Waals surface area contributed by atoms with Crippen LogP contribution in [0.15, 0.2) is 36.4 Å². The molecule has 2 aliphatic rings. The fourth-order valence-electron chi connectivity index (χ4n) is 3.87. The maximum atomic E-state index is 13.4. The van der Waals surface area contributed by atoms with E-state index in [4.69, 9.17) is 16.0 Å². The molecule has 9 heteroatoms. The Labute approximate surface area is 169 Å². The number of carbonyl (C=O) groups excluding carboxylic acids is 2. The lowest BCUT2D eigenvalue weighted by Crippen LogP contribution is -2.31. The van der Waals surface area contributed by atoms with Gasteiger partial charge >= 0.3 is 12.3 Å². The lowest BCUT2D eigenvalue weighted by molar-refractivity contribution is -0.138. The zero-order chi connectivity index (χ0) is 21.5. The minimum absolute atomic E-state index is 0.132. The van der Waals surface area contributed by atoms with E-state index in [0.717, 1.165) is 29.7 Å². The summed E-state index contributed by atoms with van der Waals surface area (Å²) in [5, 5.41) is 2.12. The molecule has 1 fully saturated rings. The molecule has 0 radical (unpaired) electrons. The van der Waals surface area contributed by atoms with Gasteiger partial charge in [0, 0.05) is 5.92 Å². The van der Waals surface area contributed by atoms with E-state index < -0.39 is 35.6 Å². The summed E-state index contributed by atoms with van der Waals surface area (Å²) in [6.07, 6.45) is -4.32. The molecule has 1 heterocycles. The van der Waals surface area contributed by atoms with Crippen molar-refractivity contribution in [1.82, 2.24) is 5.32 Å². The molecule has 154 valence electrons. The van der Waals surface area contributed by atoms with Crippen molar-refractivity contribution in [2.75, 3.05) is 0 Å². The number of nitrogens with zero attached hydrogens (tertiary/aromatic N) is 1. The van der Waals surface area contributed by atoms with Crippen LogP contribution in [-0.2, 0) is 22.1 Å². The molecule has 0 aromatic heterocycles. The molecule has 2 aromatic carbocycles. The summed E-state index contributed by atoms with van der Waals surface area (Å²) < 4.78 is 50.7. The molecule has 0 unspecified atom stereocenters. The molecule has 4 rings (SSSR count). The largest absolute Gasteiger partial charge is 0.457 e. The number of amides is 2. The Kier molecular flexibility index (Phi) is 4.86. The molecule has 1 saturated heterocycles. The number of imide groups is 1. The molecule has 1 N–H and O–H groups in total. The van der Waals surface area contributed by atoms with Crippen LogP contribution in [0.1, 0.15) is 35.4 Å². The predicted octanol–water partition coefficient (Wildman–Crippen LogP) is 5.10. The van der Waals surface area contributed by atoms with Crippen molar-refractivity contribution in [3.05, 3.63) is 64.5 Å². The first-order valence-electron chi connectivity index (χ1n) is 9.17. The molecular weight excluding hydrogens is 401 g/mol. The van der Waals surface area contributed by atoms with Crippen LogP contribution in [-0.4, -0.2) is 18.1 Å². The number of fused-ring (bicyclic) bond motifs is 1. The van der Waals surface area contributed by atoms with Gasteiger partial charge in [-0.05, 0) is 54.7 Å². The van der Waals surface area contributed by atoms with Crippen molar-refractivity contribution in [3.63, 3.8) is 0 Å². The molecule has 0 spiro atoms. The maximum Gasteiger partial charge on any atom is 0.418 e. The second-order valence-electron chi connectivity index (χ2n) is 7.07. The summed E-state index contributed by atoms with van der Waals surface area (Å²) in [5.74, 6) is -1.000. The highest BCUT2D eigenvalue weighted by Gasteiger charge is 2.41. The Morgan fingerprint density at radius 2 is 1.97 bits per heavy atom. The average molecular weight is 416 g/mol. The van der Waals surface area contributed by atoms with Gasteiger partial charge in [0.2, 0.25) is 0 Å². The summed E-state index contributed by atoms with van der Waals surface area (Å²) in [4.78, 5) is 26.4. The number of carbonyl (C=O) groups is 2. The Hall–Kier alpha value is -3.54. The molecule has 2 aromatic rings. The summed E-state index contributed by atoms with van der Waals surface area (Å²) in [5.41, 5.74) is 0.474. The highest BCUT2D eigenvalue weighted by molar-refractivity contribution is 6.00. The summed E-state index contributed by atoms with van der Waals surface area (Å²) in [7, 11) is 0. The maximum absolute atomic E-state index is 13.4. The normalized spacial score (nSPS) is 20.7. The number of hydrogen-bond donors (Lipinski definition) is 1. The fourth-order valence-corrected chi connectivity index (χ4v) is 3.87. The van der Waals surface area contributed by atoms with Crippen molar-refractivity contribution in [2.24, 2.45) is 0 Å². The second kappa shape index (κ2) is 7.37. The van der Waals surface area contributed by atoms with Crippen LogP contribution in [0, 0.1) is 6.57 Å². The average Bonchev–Trinajstić information content (AvgIpc) is 3.04. The van der Waals surface area contributed by atoms with Crippen LogP contribution in [0.25, 0.3) is 4.85 Å². The van der Waals surface area contributed by atoms with Crippen LogP contribution in [0.3, 0.4) is 0 Å². The van der Waals surface area contributed by atoms with Gasteiger partial charge in [-0.1, -0.05) is 12.1 Å². The van der Waals surface area contributed by atoms with Gasteiger partial charge in [-0.25, -0.2) is 9.64 Å². The fraction of sp³-hybridized carbons (Fsp3) is 0.286. The number of benzene rings is 2. The quantitative estimate of drug-likeness (QED) is 0.707. The smallest absolute Gasteiger partial charge is 0.418 e. The van der Waals surface area contributed by atoms with Gasteiger partial charge in [0.05, 0.1) is 12.1 Å². The molecular formula is C21H15F3N2O4. The van der Waals surface area contributed by atoms with Crippen molar-refractivity contribution in [3.8, 4) is 11.5 Å². The number of hydrogen-bond acceptors (Lipinski definition) is 4. The molecule has 2 atom stereocenters. The number of nitrogens with one attached hydrogen (secondary N) is 1. The zero-order valence-electron chi connectivity index (χ0n) is 15.5. The highest BCUT2D eigenvalue weighted by atomic mass is 19.4. The number of rotatable bonds is 3. The number of ether oxygens (including phenoxy) is 2. The number of alkyl halides is 3. The topological polar surface area (TPSA) is 69.0 Å². The van der Waals surface area contributed by atoms with E-state index in [2.05, 4.69) is 10.2 Å². The van der Waals surface area contributed by atoms with E-state index >= 15 is 0 Å². The van der Waals surface area contributed by atoms with Crippen LogP contribution in [0.4, 0.5) is 23.7 Å². The van der Waals surface area contributed by atoms with Gasteiger partial charge < -0.3 is 9.47 Å². The highest BCUT2D eigenvalue weighted by Crippen LogP contribution is 2.42. The molecule has 2 amide bonds. The van der Waals surface area contributed by atoms with Gasteiger partial charge in [-0.15, -0.1) is 0 Å². The molecule has 0 bridgehead atoms. The minimum atomic E-state index is -4.67. The van der Waals surface area contributed by atoms with Gasteiger partial charge in [0.15, 0.2) is 11.8 Å². The van der Waals surface area contributed by atoms with E-state index in [1.807, 2.05) is 0 Å². The Morgan fingerprint density at radius 1 is 1.17 bits per heavy atom. The van der Waals surface area contributed by atoms with Crippen LogP contribution < -0.4 is 10.1 Å². The first kappa shape index (κ1) is 19.8. The standard InChI is InChI=1S/C21H15F3N2O4/c1-25-12-5-8-17(16(10-12)21(22,23)24)29-13-6-7-14-11(9-13)3-2-4-15(14)18-19(27)26-20(28)30-18/h5-10,15,18H,2-4H2,(H,26,27,28)/t15-,18+/m1/s1. The van der Waals surface area contributed by atoms with E-state index in [1.54, 1.807) is 12.1 Å². The Morgan fingerprint density at radius 3 is 2.63 bits per heavy atom. The zero-order valence-corrected chi connectivity index (χ0v) is 15.5.